The summed E-state index contributed by atoms with van der Waals surface area (Å²) in [5.74, 6) is -1.52. The molecule has 0 atom stereocenters. The van der Waals surface area contributed by atoms with Crippen molar-refractivity contribution in [2.45, 2.75) is 0 Å². The molecule has 0 aromatic heterocycles. The van der Waals surface area contributed by atoms with E-state index in [1.54, 1.807) is 0 Å². The third kappa shape index (κ3) is 2.57. The Balaban J connectivity index is 2.05. The first kappa shape index (κ1) is 17.6. The minimum Gasteiger partial charge on any atom is -0.268 e. The van der Waals surface area contributed by atoms with Gasteiger partial charge in [-0.15, -0.1) is 0 Å². The van der Waals surface area contributed by atoms with Crippen LogP contribution in [0.1, 0.15) is 20.7 Å². The first-order valence-corrected chi connectivity index (χ1v) is 8.20. The molecule has 1 aliphatic rings. The molecule has 0 saturated carbocycles. The number of carbonyl (C=O) groups excluding carboxylic acids is 2. The van der Waals surface area contributed by atoms with Gasteiger partial charge in [0.05, 0.1) is 26.7 Å². The predicted octanol–water partition coefficient (Wildman–Crippen LogP) is 4.11. The van der Waals surface area contributed by atoms with E-state index >= 15 is 0 Å². The number of carbonyl (C=O) groups is 2. The lowest BCUT2D eigenvalue weighted by Crippen LogP contribution is -2.40. The van der Waals surface area contributed by atoms with Crippen LogP contribution in [0.15, 0.2) is 48.5 Å². The summed E-state index contributed by atoms with van der Waals surface area (Å²) >= 11 is 5.84. The summed E-state index contributed by atoms with van der Waals surface area (Å²) in [7, 11) is 0. The van der Waals surface area contributed by atoms with Crippen molar-refractivity contribution >= 4 is 51.2 Å². The van der Waals surface area contributed by atoms with Crippen molar-refractivity contribution < 1.29 is 19.4 Å². The van der Waals surface area contributed by atoms with E-state index in [2.05, 4.69) is 0 Å². The maximum absolute atomic E-state index is 13.0. The standard InChI is InChI=1S/C18H8ClN3O6/c19-10-1-3-11(4-2-10)20-17(23)14-7-12(21(25)26)5-9-6-13(22(27)28)8-15(16(9)14)18(20)24/h1-8H. The fraction of sp³-hybridized carbons (Fsp3) is 0. The Labute approximate surface area is 161 Å². The fourth-order valence-electron chi connectivity index (χ4n) is 3.19. The maximum atomic E-state index is 13.0. The predicted molar refractivity (Wildman–Crippen MR) is 99.8 cm³/mol. The molecule has 10 heteroatoms. The third-order valence-electron chi connectivity index (χ3n) is 4.39. The third-order valence-corrected chi connectivity index (χ3v) is 4.64. The van der Waals surface area contributed by atoms with Crippen LogP contribution in [0.2, 0.25) is 5.02 Å². The van der Waals surface area contributed by atoms with Crippen LogP contribution in [-0.2, 0) is 0 Å². The monoisotopic (exact) mass is 397 g/mol. The van der Waals surface area contributed by atoms with Crippen molar-refractivity contribution in [3.05, 3.63) is 84.9 Å². The molecule has 0 aliphatic carbocycles. The van der Waals surface area contributed by atoms with Crippen molar-refractivity contribution in [1.82, 2.24) is 0 Å². The van der Waals surface area contributed by atoms with Gasteiger partial charge in [0.2, 0.25) is 0 Å². The molecule has 1 heterocycles. The SMILES string of the molecule is O=C1c2cc([N+](=O)[O-])cc3cc([N+](=O)[O-])cc(c23)C(=O)N1c1ccc(Cl)cc1. The first-order chi connectivity index (χ1) is 13.3. The molecule has 0 bridgehead atoms. The lowest BCUT2D eigenvalue weighted by Gasteiger charge is -2.27. The highest BCUT2D eigenvalue weighted by atomic mass is 35.5. The lowest BCUT2D eigenvalue weighted by molar-refractivity contribution is -0.385. The Morgan fingerprint density at radius 2 is 1.25 bits per heavy atom. The number of benzene rings is 3. The van der Waals surface area contributed by atoms with E-state index in [-0.39, 0.29) is 27.6 Å². The number of non-ortho nitro benzene ring substituents is 2. The number of nitro groups is 2. The number of anilines is 1. The van der Waals surface area contributed by atoms with Gasteiger partial charge >= 0.3 is 0 Å². The van der Waals surface area contributed by atoms with Crippen molar-refractivity contribution in [3.8, 4) is 0 Å². The van der Waals surface area contributed by atoms with Gasteiger partial charge in [-0.3, -0.25) is 29.8 Å². The highest BCUT2D eigenvalue weighted by Crippen LogP contribution is 2.37. The summed E-state index contributed by atoms with van der Waals surface area (Å²) in [6.45, 7) is 0. The van der Waals surface area contributed by atoms with E-state index in [0.29, 0.717) is 5.02 Å². The summed E-state index contributed by atoms with van der Waals surface area (Å²) in [6, 6.07) is 10.2. The summed E-state index contributed by atoms with van der Waals surface area (Å²) in [4.78, 5) is 47.9. The van der Waals surface area contributed by atoms with Crippen LogP contribution in [0.5, 0.6) is 0 Å². The quantitative estimate of drug-likeness (QED) is 0.372. The number of nitrogens with zero attached hydrogens (tertiary/aromatic N) is 3. The average Bonchev–Trinajstić information content (AvgIpc) is 2.66. The molecule has 0 saturated heterocycles. The van der Waals surface area contributed by atoms with Crippen LogP contribution < -0.4 is 4.90 Å². The molecule has 0 fully saturated rings. The number of rotatable bonds is 3. The number of amides is 2. The summed E-state index contributed by atoms with van der Waals surface area (Å²) in [5, 5.41) is 23.1. The summed E-state index contributed by atoms with van der Waals surface area (Å²) in [5.41, 5.74) is -0.788. The molecule has 1 aliphatic heterocycles. The molecule has 0 radical (unpaired) electrons. The molecule has 0 unspecified atom stereocenters. The molecule has 9 nitrogen and oxygen atoms in total. The molecular weight excluding hydrogens is 390 g/mol. The summed E-state index contributed by atoms with van der Waals surface area (Å²) < 4.78 is 0. The number of nitro benzene ring substituents is 2. The van der Waals surface area contributed by atoms with E-state index in [4.69, 9.17) is 11.6 Å². The van der Waals surface area contributed by atoms with Gasteiger partial charge < -0.3 is 0 Å². The van der Waals surface area contributed by atoms with E-state index in [0.717, 1.165) is 29.2 Å². The second-order valence-electron chi connectivity index (χ2n) is 6.02. The van der Waals surface area contributed by atoms with Gasteiger partial charge in [-0.1, -0.05) is 11.6 Å². The number of hydrogen-bond acceptors (Lipinski definition) is 6. The topological polar surface area (TPSA) is 124 Å². The van der Waals surface area contributed by atoms with Gasteiger partial charge in [-0.05, 0) is 29.7 Å². The van der Waals surface area contributed by atoms with E-state index in [1.165, 1.54) is 24.3 Å². The normalized spacial score (nSPS) is 13.1. The highest BCUT2D eigenvalue weighted by Gasteiger charge is 2.36. The minimum atomic E-state index is -0.762. The van der Waals surface area contributed by atoms with Crippen LogP contribution >= 0.6 is 11.6 Å². The zero-order chi connectivity index (χ0) is 20.2. The molecule has 0 N–H and O–H groups in total. The van der Waals surface area contributed by atoms with Crippen molar-refractivity contribution in [2.24, 2.45) is 0 Å². The van der Waals surface area contributed by atoms with Crippen LogP contribution in [0.4, 0.5) is 17.1 Å². The molecule has 3 aromatic carbocycles. The molecule has 28 heavy (non-hydrogen) atoms. The van der Waals surface area contributed by atoms with E-state index < -0.39 is 33.0 Å². The molecule has 0 spiro atoms. The van der Waals surface area contributed by atoms with Crippen molar-refractivity contribution in [3.63, 3.8) is 0 Å². The maximum Gasteiger partial charge on any atom is 0.270 e. The first-order valence-electron chi connectivity index (χ1n) is 7.83. The Kier molecular flexibility index (Phi) is 3.83. The van der Waals surface area contributed by atoms with Crippen LogP contribution in [0, 0.1) is 20.2 Å². The second kappa shape index (κ2) is 6.10. The lowest BCUT2D eigenvalue weighted by atomic mass is 9.92. The number of imide groups is 1. The summed E-state index contributed by atoms with van der Waals surface area (Å²) in [6.07, 6.45) is 0. The Morgan fingerprint density at radius 3 is 1.68 bits per heavy atom. The Bertz CT molecular complexity index is 1150. The molecular formula is C18H8ClN3O6. The van der Waals surface area contributed by atoms with Gasteiger partial charge in [-0.2, -0.15) is 0 Å². The Morgan fingerprint density at radius 1 is 0.786 bits per heavy atom. The van der Waals surface area contributed by atoms with Gasteiger partial charge in [0.25, 0.3) is 23.2 Å². The number of halogens is 1. The van der Waals surface area contributed by atoms with E-state index in [9.17, 15) is 29.8 Å². The zero-order valence-corrected chi connectivity index (χ0v) is 14.5. The zero-order valence-electron chi connectivity index (χ0n) is 13.8. The fourth-order valence-corrected chi connectivity index (χ4v) is 3.32. The van der Waals surface area contributed by atoms with Crippen LogP contribution in [0.25, 0.3) is 10.8 Å². The second-order valence-corrected chi connectivity index (χ2v) is 6.46. The molecule has 2 amide bonds. The molecule has 4 rings (SSSR count). The minimum absolute atomic E-state index is 0.0749. The van der Waals surface area contributed by atoms with Crippen molar-refractivity contribution in [2.75, 3.05) is 4.90 Å². The van der Waals surface area contributed by atoms with Crippen LogP contribution in [-0.4, -0.2) is 21.7 Å². The Hall–Kier alpha value is -3.85. The van der Waals surface area contributed by atoms with Crippen molar-refractivity contribution in [1.29, 1.82) is 0 Å². The van der Waals surface area contributed by atoms with Gasteiger partial charge in [-0.25, -0.2) is 4.90 Å². The molecule has 138 valence electrons. The van der Waals surface area contributed by atoms with Gasteiger partial charge in [0, 0.05) is 34.7 Å². The largest absolute Gasteiger partial charge is 0.270 e. The molecule has 3 aromatic rings. The average molecular weight is 398 g/mol. The smallest absolute Gasteiger partial charge is 0.268 e. The number of hydrogen-bond donors (Lipinski definition) is 0. The van der Waals surface area contributed by atoms with Crippen LogP contribution in [0.3, 0.4) is 0 Å². The van der Waals surface area contributed by atoms with E-state index in [1.807, 2.05) is 0 Å². The highest BCUT2D eigenvalue weighted by molar-refractivity contribution is 6.36. The van der Waals surface area contributed by atoms with Gasteiger partial charge in [0.15, 0.2) is 0 Å². The van der Waals surface area contributed by atoms with Gasteiger partial charge in [0.1, 0.15) is 0 Å².